The van der Waals surface area contributed by atoms with Gasteiger partial charge in [-0.25, -0.2) is 0 Å². The van der Waals surface area contributed by atoms with E-state index in [1.54, 1.807) is 0 Å². The molecule has 0 unspecified atom stereocenters. The van der Waals surface area contributed by atoms with Crippen LogP contribution in [0.25, 0.3) is 0 Å². The third-order valence-corrected chi connectivity index (χ3v) is 1.85. The monoisotopic (exact) mass is 153 g/mol. The minimum Gasteiger partial charge on any atom is -0.418 e. The molecule has 0 amide bonds. The molecular weight excluding hydrogens is 137 g/mol. The Morgan fingerprint density at radius 3 is 3.00 bits per heavy atom. The van der Waals surface area contributed by atoms with Crippen LogP contribution in [0.4, 0.5) is 0 Å². The molecule has 0 radical (unpaired) electrons. The van der Waals surface area contributed by atoms with Crippen molar-refractivity contribution in [1.29, 1.82) is 0 Å². The lowest BCUT2D eigenvalue weighted by Gasteiger charge is -2.19. The zero-order valence-corrected chi connectivity index (χ0v) is 7.42. The summed E-state index contributed by atoms with van der Waals surface area (Å²) in [6.45, 7) is 7.23. The zero-order valence-electron chi connectivity index (χ0n) is 7.42. The SMILES string of the molecule is CCCN1CC=CB1OCC. The molecule has 0 aromatic rings. The van der Waals surface area contributed by atoms with E-state index in [2.05, 4.69) is 23.8 Å². The first-order chi connectivity index (χ1) is 5.38. The molecule has 0 spiro atoms. The maximum Gasteiger partial charge on any atom is 0.410 e. The van der Waals surface area contributed by atoms with Gasteiger partial charge in [-0.1, -0.05) is 19.0 Å². The van der Waals surface area contributed by atoms with Crippen LogP contribution in [0.2, 0.25) is 0 Å². The van der Waals surface area contributed by atoms with Crippen LogP contribution < -0.4 is 0 Å². The van der Waals surface area contributed by atoms with Crippen molar-refractivity contribution >= 4 is 7.05 Å². The molecule has 0 N–H and O–H groups in total. The van der Waals surface area contributed by atoms with Gasteiger partial charge in [0.1, 0.15) is 0 Å². The van der Waals surface area contributed by atoms with E-state index >= 15 is 0 Å². The Kier molecular flexibility index (Phi) is 3.67. The van der Waals surface area contributed by atoms with E-state index in [0.717, 1.165) is 19.7 Å². The normalized spacial score (nSPS) is 18.2. The molecule has 0 aliphatic carbocycles. The third kappa shape index (κ3) is 2.35. The molecule has 0 aromatic carbocycles. The summed E-state index contributed by atoms with van der Waals surface area (Å²) in [4.78, 5) is 2.34. The van der Waals surface area contributed by atoms with Crippen molar-refractivity contribution < 1.29 is 4.65 Å². The molecule has 1 aliphatic heterocycles. The number of rotatable bonds is 4. The number of hydrogen-bond donors (Lipinski definition) is 0. The Labute approximate surface area is 69.4 Å². The van der Waals surface area contributed by atoms with Crippen molar-refractivity contribution in [2.45, 2.75) is 20.3 Å². The van der Waals surface area contributed by atoms with E-state index in [9.17, 15) is 0 Å². The highest BCUT2D eigenvalue weighted by atomic mass is 16.4. The Balaban J connectivity index is 2.30. The van der Waals surface area contributed by atoms with Crippen LogP contribution >= 0.6 is 0 Å². The number of hydrogen-bond acceptors (Lipinski definition) is 2. The second kappa shape index (κ2) is 4.57. The van der Waals surface area contributed by atoms with Crippen LogP contribution in [0.3, 0.4) is 0 Å². The Hall–Kier alpha value is -0.275. The summed E-state index contributed by atoms with van der Waals surface area (Å²) >= 11 is 0. The van der Waals surface area contributed by atoms with Gasteiger partial charge in [-0.15, -0.1) is 0 Å². The summed E-state index contributed by atoms with van der Waals surface area (Å²) in [5, 5.41) is 0. The smallest absolute Gasteiger partial charge is 0.410 e. The quantitative estimate of drug-likeness (QED) is 0.565. The van der Waals surface area contributed by atoms with Gasteiger partial charge in [-0.2, -0.15) is 0 Å². The van der Waals surface area contributed by atoms with Crippen molar-refractivity contribution in [2.24, 2.45) is 0 Å². The van der Waals surface area contributed by atoms with Gasteiger partial charge in [0.15, 0.2) is 0 Å². The van der Waals surface area contributed by atoms with E-state index in [0.29, 0.717) is 0 Å². The predicted octanol–water partition coefficient (Wildman–Crippen LogP) is 1.33. The van der Waals surface area contributed by atoms with Crippen molar-refractivity contribution in [3.05, 3.63) is 12.1 Å². The van der Waals surface area contributed by atoms with Crippen molar-refractivity contribution in [1.82, 2.24) is 4.81 Å². The van der Waals surface area contributed by atoms with Crippen LogP contribution in [0, 0.1) is 0 Å². The summed E-state index contributed by atoms with van der Waals surface area (Å²) in [6, 6.07) is 0. The molecule has 0 saturated heterocycles. The van der Waals surface area contributed by atoms with Gasteiger partial charge in [0.25, 0.3) is 0 Å². The first kappa shape index (κ1) is 8.82. The molecule has 11 heavy (non-hydrogen) atoms. The second-order valence-corrected chi connectivity index (χ2v) is 2.77. The fourth-order valence-corrected chi connectivity index (χ4v) is 1.38. The summed E-state index contributed by atoms with van der Waals surface area (Å²) in [6.07, 6.45) is 3.38. The maximum atomic E-state index is 5.51. The topological polar surface area (TPSA) is 12.5 Å². The predicted molar refractivity (Wildman–Crippen MR) is 48.4 cm³/mol. The van der Waals surface area contributed by atoms with Gasteiger partial charge in [-0.3, -0.25) is 0 Å². The second-order valence-electron chi connectivity index (χ2n) is 2.77. The standard InChI is InChI=1S/C8H16BNO/c1-3-7-10-8-5-6-9(10)11-4-2/h5-6H,3-4,7-8H2,1-2H3. The van der Waals surface area contributed by atoms with Gasteiger partial charge < -0.3 is 9.47 Å². The highest BCUT2D eigenvalue weighted by Gasteiger charge is 2.24. The lowest BCUT2D eigenvalue weighted by Crippen LogP contribution is -2.37. The third-order valence-electron chi connectivity index (χ3n) is 1.85. The molecule has 0 atom stereocenters. The highest BCUT2D eigenvalue weighted by molar-refractivity contribution is 6.55. The number of nitrogens with zero attached hydrogens (tertiary/aromatic N) is 1. The molecule has 1 rings (SSSR count). The Bertz CT molecular complexity index is 138. The average Bonchev–Trinajstić information content (AvgIpc) is 2.39. The zero-order chi connectivity index (χ0) is 8.10. The van der Waals surface area contributed by atoms with Crippen molar-refractivity contribution in [3.8, 4) is 0 Å². The maximum absolute atomic E-state index is 5.51. The Morgan fingerprint density at radius 1 is 1.55 bits per heavy atom. The fourth-order valence-electron chi connectivity index (χ4n) is 1.38. The molecular formula is C8H16BNO. The largest absolute Gasteiger partial charge is 0.418 e. The molecule has 0 bridgehead atoms. The van der Waals surface area contributed by atoms with E-state index in [1.807, 2.05) is 6.92 Å². The molecule has 1 heterocycles. The van der Waals surface area contributed by atoms with E-state index in [1.165, 1.54) is 6.42 Å². The summed E-state index contributed by atoms with van der Waals surface area (Å²) in [5.41, 5.74) is 0. The summed E-state index contributed by atoms with van der Waals surface area (Å²) < 4.78 is 5.51. The summed E-state index contributed by atoms with van der Waals surface area (Å²) in [5.74, 6) is 2.14. The van der Waals surface area contributed by atoms with Gasteiger partial charge in [0, 0.05) is 13.2 Å². The first-order valence-corrected chi connectivity index (χ1v) is 4.40. The van der Waals surface area contributed by atoms with Crippen molar-refractivity contribution in [3.63, 3.8) is 0 Å². The van der Waals surface area contributed by atoms with Crippen LogP contribution in [-0.4, -0.2) is 31.6 Å². The molecule has 1 aliphatic rings. The van der Waals surface area contributed by atoms with Gasteiger partial charge in [0.2, 0.25) is 0 Å². The summed E-state index contributed by atoms with van der Waals surface area (Å²) in [7, 11) is 0.250. The first-order valence-electron chi connectivity index (χ1n) is 4.40. The highest BCUT2D eigenvalue weighted by Crippen LogP contribution is 2.06. The molecule has 2 nitrogen and oxygen atoms in total. The van der Waals surface area contributed by atoms with E-state index < -0.39 is 0 Å². The molecule has 0 saturated carbocycles. The molecule has 0 fully saturated rings. The van der Waals surface area contributed by atoms with Gasteiger partial charge in [-0.05, 0) is 19.9 Å². The van der Waals surface area contributed by atoms with Crippen LogP contribution in [-0.2, 0) is 4.65 Å². The minimum absolute atomic E-state index is 0.250. The van der Waals surface area contributed by atoms with Crippen LogP contribution in [0.1, 0.15) is 20.3 Å². The molecule has 0 aromatic heterocycles. The lowest BCUT2D eigenvalue weighted by atomic mass is 9.83. The van der Waals surface area contributed by atoms with Crippen molar-refractivity contribution in [2.75, 3.05) is 19.7 Å². The fraction of sp³-hybridized carbons (Fsp3) is 0.750. The van der Waals surface area contributed by atoms with Gasteiger partial charge >= 0.3 is 7.05 Å². The molecule has 3 heteroatoms. The van der Waals surface area contributed by atoms with E-state index in [-0.39, 0.29) is 7.05 Å². The van der Waals surface area contributed by atoms with Gasteiger partial charge in [0.05, 0.1) is 0 Å². The van der Waals surface area contributed by atoms with E-state index in [4.69, 9.17) is 4.65 Å². The van der Waals surface area contributed by atoms with Crippen LogP contribution in [0.15, 0.2) is 12.1 Å². The minimum atomic E-state index is 0.250. The molecule has 62 valence electrons. The Morgan fingerprint density at radius 2 is 2.36 bits per heavy atom. The average molecular weight is 153 g/mol. The lowest BCUT2D eigenvalue weighted by molar-refractivity contribution is 0.295. The van der Waals surface area contributed by atoms with Crippen LogP contribution in [0.5, 0.6) is 0 Å².